The van der Waals surface area contributed by atoms with Crippen LogP contribution in [0.1, 0.15) is 62.1 Å². The normalized spacial score (nSPS) is 15.8. The van der Waals surface area contributed by atoms with Crippen molar-refractivity contribution in [3.8, 4) is 17.2 Å². The Kier molecular flexibility index (Phi) is 9.69. The van der Waals surface area contributed by atoms with E-state index in [1.807, 2.05) is 18.2 Å². The molecule has 1 aliphatic rings. The van der Waals surface area contributed by atoms with Crippen LogP contribution in [-0.2, 0) is 19.3 Å². The van der Waals surface area contributed by atoms with Crippen molar-refractivity contribution in [2.45, 2.75) is 70.8 Å². The zero-order valence-corrected chi connectivity index (χ0v) is 19.5. The molecule has 0 fully saturated rings. The minimum atomic E-state index is 0.00136. The SMILES string of the molecule is CCCN(CCCCCCNCCc1cccc(O)c1)[C@H]1CCc2c(ccc(O)c2O)C1. The Morgan fingerprint density at radius 2 is 1.81 bits per heavy atom. The molecule has 0 spiro atoms. The molecule has 32 heavy (non-hydrogen) atoms. The van der Waals surface area contributed by atoms with Crippen LogP contribution < -0.4 is 5.32 Å². The molecule has 1 atom stereocenters. The summed E-state index contributed by atoms with van der Waals surface area (Å²) in [6, 6.07) is 11.6. The van der Waals surface area contributed by atoms with Crippen molar-refractivity contribution in [1.29, 1.82) is 0 Å². The smallest absolute Gasteiger partial charge is 0.160 e. The third-order valence-corrected chi connectivity index (χ3v) is 6.62. The number of hydrogen-bond donors (Lipinski definition) is 4. The van der Waals surface area contributed by atoms with Crippen LogP contribution in [0.5, 0.6) is 17.2 Å². The van der Waals surface area contributed by atoms with Crippen LogP contribution in [0.3, 0.4) is 0 Å². The lowest BCUT2D eigenvalue weighted by molar-refractivity contribution is 0.175. The maximum atomic E-state index is 10.1. The van der Waals surface area contributed by atoms with Crippen LogP contribution in [0.4, 0.5) is 0 Å². The largest absolute Gasteiger partial charge is 0.508 e. The van der Waals surface area contributed by atoms with E-state index in [2.05, 4.69) is 23.2 Å². The number of unbranched alkanes of at least 4 members (excludes halogenated alkanes) is 3. The van der Waals surface area contributed by atoms with Crippen LogP contribution in [0, 0.1) is 0 Å². The number of nitrogens with one attached hydrogen (secondary N) is 1. The summed E-state index contributed by atoms with van der Waals surface area (Å²) in [5, 5.41) is 32.9. The van der Waals surface area contributed by atoms with Crippen molar-refractivity contribution in [2.24, 2.45) is 0 Å². The highest BCUT2D eigenvalue weighted by Gasteiger charge is 2.26. The van der Waals surface area contributed by atoms with Gasteiger partial charge in [-0.1, -0.05) is 38.0 Å². The summed E-state index contributed by atoms with van der Waals surface area (Å²) in [7, 11) is 0. The van der Waals surface area contributed by atoms with E-state index in [1.54, 1.807) is 12.1 Å². The Morgan fingerprint density at radius 1 is 0.969 bits per heavy atom. The molecule has 0 amide bonds. The summed E-state index contributed by atoms with van der Waals surface area (Å²) < 4.78 is 0. The quantitative estimate of drug-likeness (QED) is 0.267. The predicted octanol–water partition coefficient (Wildman–Crippen LogP) is 4.77. The molecule has 5 heteroatoms. The first-order valence-corrected chi connectivity index (χ1v) is 12.3. The second kappa shape index (κ2) is 12.7. The van der Waals surface area contributed by atoms with E-state index in [-0.39, 0.29) is 11.5 Å². The lowest BCUT2D eigenvalue weighted by Crippen LogP contribution is -2.40. The van der Waals surface area contributed by atoms with Gasteiger partial charge in [-0.2, -0.15) is 0 Å². The molecule has 1 aliphatic carbocycles. The number of nitrogens with zero attached hydrogens (tertiary/aromatic N) is 1. The van der Waals surface area contributed by atoms with Gasteiger partial charge in [-0.05, 0) is 100 Å². The maximum absolute atomic E-state index is 10.1. The molecule has 0 saturated heterocycles. The molecule has 3 rings (SSSR count). The molecule has 0 heterocycles. The van der Waals surface area contributed by atoms with Crippen molar-refractivity contribution in [3.63, 3.8) is 0 Å². The van der Waals surface area contributed by atoms with E-state index in [4.69, 9.17) is 0 Å². The average Bonchev–Trinajstić information content (AvgIpc) is 2.79. The van der Waals surface area contributed by atoms with Crippen molar-refractivity contribution < 1.29 is 15.3 Å². The van der Waals surface area contributed by atoms with Crippen LogP contribution >= 0.6 is 0 Å². The van der Waals surface area contributed by atoms with Crippen molar-refractivity contribution in [1.82, 2.24) is 10.2 Å². The summed E-state index contributed by atoms with van der Waals surface area (Å²) >= 11 is 0. The Bertz CT molecular complexity index is 840. The fraction of sp³-hybridized carbons (Fsp3) is 0.556. The second-order valence-corrected chi connectivity index (χ2v) is 9.09. The highest BCUT2D eigenvalue weighted by molar-refractivity contribution is 5.50. The van der Waals surface area contributed by atoms with E-state index >= 15 is 0 Å². The molecule has 0 radical (unpaired) electrons. The zero-order valence-electron chi connectivity index (χ0n) is 19.5. The standard InChI is InChI=1S/C27H40N2O3/c1-2-17-29(23-11-12-25-22(20-23)10-13-26(31)27(25)32)18-6-4-3-5-15-28-16-14-21-8-7-9-24(30)19-21/h7-10,13,19,23,28,30-32H,2-6,11-12,14-18,20H2,1H3/t23-/m0/s1. The fourth-order valence-corrected chi connectivity index (χ4v) is 4.87. The molecule has 0 unspecified atom stereocenters. The number of fused-ring (bicyclic) bond motifs is 1. The van der Waals surface area contributed by atoms with Gasteiger partial charge in [0.2, 0.25) is 0 Å². The first-order chi connectivity index (χ1) is 15.6. The highest BCUT2D eigenvalue weighted by Crippen LogP contribution is 2.36. The van der Waals surface area contributed by atoms with Crippen molar-refractivity contribution >= 4 is 0 Å². The average molecular weight is 441 g/mol. The molecule has 0 aromatic heterocycles. The molecule has 4 N–H and O–H groups in total. The Morgan fingerprint density at radius 3 is 2.62 bits per heavy atom. The van der Waals surface area contributed by atoms with E-state index < -0.39 is 0 Å². The molecule has 176 valence electrons. The number of rotatable bonds is 13. The minimum absolute atomic E-state index is 0.00136. The summed E-state index contributed by atoms with van der Waals surface area (Å²) in [4.78, 5) is 2.64. The number of benzene rings is 2. The molecule has 2 aromatic carbocycles. The monoisotopic (exact) mass is 440 g/mol. The number of aromatic hydroxyl groups is 3. The predicted molar refractivity (Wildman–Crippen MR) is 131 cm³/mol. The van der Waals surface area contributed by atoms with E-state index in [9.17, 15) is 15.3 Å². The van der Waals surface area contributed by atoms with Gasteiger partial charge in [-0.15, -0.1) is 0 Å². The van der Waals surface area contributed by atoms with Gasteiger partial charge in [-0.3, -0.25) is 0 Å². The van der Waals surface area contributed by atoms with E-state index in [0.717, 1.165) is 63.8 Å². The first-order valence-electron chi connectivity index (χ1n) is 12.3. The Hall–Kier alpha value is -2.24. The van der Waals surface area contributed by atoms with E-state index in [1.165, 1.54) is 36.8 Å². The summed E-state index contributed by atoms with van der Waals surface area (Å²) in [5.74, 6) is 0.425. The number of phenolic OH excluding ortho intramolecular Hbond substituents is 3. The second-order valence-electron chi connectivity index (χ2n) is 9.09. The van der Waals surface area contributed by atoms with Crippen molar-refractivity contribution in [3.05, 3.63) is 53.1 Å². The molecule has 5 nitrogen and oxygen atoms in total. The third kappa shape index (κ3) is 7.14. The zero-order chi connectivity index (χ0) is 22.8. The highest BCUT2D eigenvalue weighted by atomic mass is 16.3. The molecular weight excluding hydrogens is 400 g/mol. The lowest BCUT2D eigenvalue weighted by atomic mass is 9.86. The first kappa shape index (κ1) is 24.4. The lowest BCUT2D eigenvalue weighted by Gasteiger charge is -2.35. The van der Waals surface area contributed by atoms with E-state index in [0.29, 0.717) is 11.8 Å². The summed E-state index contributed by atoms with van der Waals surface area (Å²) in [6.07, 6.45) is 9.90. The molecular formula is C27H40N2O3. The maximum Gasteiger partial charge on any atom is 0.160 e. The van der Waals surface area contributed by atoms with Gasteiger partial charge in [0.1, 0.15) is 5.75 Å². The minimum Gasteiger partial charge on any atom is -0.508 e. The molecule has 0 saturated carbocycles. The summed E-state index contributed by atoms with van der Waals surface area (Å²) in [5.41, 5.74) is 3.30. The van der Waals surface area contributed by atoms with Gasteiger partial charge in [-0.25, -0.2) is 0 Å². The van der Waals surface area contributed by atoms with Crippen LogP contribution in [0.15, 0.2) is 36.4 Å². The summed E-state index contributed by atoms with van der Waals surface area (Å²) in [6.45, 7) is 6.51. The number of phenols is 3. The third-order valence-electron chi connectivity index (χ3n) is 6.62. The van der Waals surface area contributed by atoms with Gasteiger partial charge < -0.3 is 25.5 Å². The van der Waals surface area contributed by atoms with Gasteiger partial charge in [0.05, 0.1) is 0 Å². The molecule has 0 bridgehead atoms. The fourth-order valence-electron chi connectivity index (χ4n) is 4.87. The van der Waals surface area contributed by atoms with Gasteiger partial charge in [0, 0.05) is 11.6 Å². The van der Waals surface area contributed by atoms with Gasteiger partial charge in [0.25, 0.3) is 0 Å². The van der Waals surface area contributed by atoms with Crippen LogP contribution in [0.2, 0.25) is 0 Å². The van der Waals surface area contributed by atoms with Crippen LogP contribution in [0.25, 0.3) is 0 Å². The Balaban J connectivity index is 1.31. The van der Waals surface area contributed by atoms with Gasteiger partial charge >= 0.3 is 0 Å². The van der Waals surface area contributed by atoms with Crippen LogP contribution in [-0.4, -0.2) is 52.4 Å². The molecule has 0 aliphatic heterocycles. The van der Waals surface area contributed by atoms with Gasteiger partial charge in [0.15, 0.2) is 11.5 Å². The van der Waals surface area contributed by atoms with Crippen molar-refractivity contribution in [2.75, 3.05) is 26.2 Å². The number of hydrogen-bond acceptors (Lipinski definition) is 5. The molecule has 2 aromatic rings. The Labute approximate surface area is 193 Å². The topological polar surface area (TPSA) is 76.0 Å².